The molecule has 0 bridgehead atoms. The van der Waals surface area contributed by atoms with Gasteiger partial charge < -0.3 is 0 Å². The van der Waals surface area contributed by atoms with Crippen molar-refractivity contribution in [2.75, 3.05) is 0 Å². The SMILES string of the molecule is CC.CC.CC.CC.CC.CC.Cc1ccc2cc(C)ncc2c1.Cc1ccc2cnc(C)cc2c1.Cc1ccc2nc(C)ccc2c1.Cc1ccc2ncc(C)cc2c1.Cc1ccc2ncc(C)cc2c1.Cc1cnc2cc(C)ccc2c1. The maximum atomic E-state index is 4.42. The van der Waals surface area contributed by atoms with Crippen LogP contribution in [0.3, 0.4) is 0 Å². The van der Waals surface area contributed by atoms with E-state index in [9.17, 15) is 0 Å². The van der Waals surface area contributed by atoms with E-state index in [1.165, 1.54) is 93.2 Å². The molecular formula is C78H102N6. The normalized spacial score (nSPS) is 9.43. The standard InChI is InChI=1S/6C11H11N.6C2H6/c1-8-3-6-11-10(7-8)5-4-9(2)12-11;1-8-3-4-10-5-9(2)7-12-11(10)6-8;1-8-3-4-10-7-12-9(2)6-11(10)5-8;1-8-3-4-10-6-9(2)12-7-11(10)5-8;2*1-8-3-4-11-10(5-8)6-9(2)7-12-11;6*1-2/h6*3-7H,1-2H3;6*1-2H3. The monoisotopic (exact) mass is 1120 g/mol. The summed E-state index contributed by atoms with van der Waals surface area (Å²) in [6.07, 6.45) is 9.55. The predicted molar refractivity (Wildman–Crippen MR) is 375 cm³/mol. The third-order valence-corrected chi connectivity index (χ3v) is 11.9. The Labute approximate surface area is 508 Å². The molecule has 0 amide bonds. The van der Waals surface area contributed by atoms with Gasteiger partial charge in [-0.1, -0.05) is 178 Å². The van der Waals surface area contributed by atoms with E-state index in [4.69, 9.17) is 0 Å². The van der Waals surface area contributed by atoms with E-state index in [0.717, 1.165) is 39.1 Å². The van der Waals surface area contributed by atoms with Gasteiger partial charge in [0.2, 0.25) is 0 Å². The van der Waals surface area contributed by atoms with E-state index in [-0.39, 0.29) is 0 Å². The predicted octanol–water partition coefficient (Wildman–Crippen LogP) is 23.3. The number of benzene rings is 6. The zero-order chi connectivity index (χ0) is 63.3. The minimum Gasteiger partial charge on any atom is -0.261 e. The van der Waals surface area contributed by atoms with Gasteiger partial charge in [0.15, 0.2) is 0 Å². The Morgan fingerprint density at radius 1 is 0.179 bits per heavy atom. The van der Waals surface area contributed by atoms with Gasteiger partial charge in [-0.15, -0.1) is 0 Å². The van der Waals surface area contributed by atoms with Crippen molar-refractivity contribution in [1.82, 2.24) is 29.9 Å². The van der Waals surface area contributed by atoms with Gasteiger partial charge in [-0.25, -0.2) is 0 Å². The second-order valence-corrected chi connectivity index (χ2v) is 19.1. The largest absolute Gasteiger partial charge is 0.261 e. The topological polar surface area (TPSA) is 77.3 Å². The molecule has 0 fully saturated rings. The highest BCUT2D eigenvalue weighted by Crippen LogP contribution is 2.19. The Bertz CT molecular complexity index is 3170. The van der Waals surface area contributed by atoms with Crippen LogP contribution in [0.1, 0.15) is 150 Å². The molecule has 0 spiro atoms. The first-order valence-electron chi connectivity index (χ1n) is 30.5. The zero-order valence-corrected chi connectivity index (χ0v) is 56.0. The molecule has 0 unspecified atom stereocenters. The van der Waals surface area contributed by atoms with Gasteiger partial charge >= 0.3 is 0 Å². The van der Waals surface area contributed by atoms with Crippen molar-refractivity contribution >= 4 is 65.2 Å². The molecule has 6 heteroatoms. The van der Waals surface area contributed by atoms with Crippen molar-refractivity contribution in [1.29, 1.82) is 0 Å². The summed E-state index contributed by atoms with van der Waals surface area (Å²) in [5, 5.41) is 9.90. The van der Waals surface area contributed by atoms with E-state index in [0.29, 0.717) is 0 Å². The number of nitrogens with zero attached hydrogens (tertiary/aromatic N) is 6. The number of aryl methyl sites for hydroxylation is 12. The molecule has 6 heterocycles. The van der Waals surface area contributed by atoms with Gasteiger partial charge in [-0.2, -0.15) is 0 Å². The van der Waals surface area contributed by atoms with Crippen molar-refractivity contribution < 1.29 is 0 Å². The summed E-state index contributed by atoms with van der Waals surface area (Å²) < 4.78 is 0. The van der Waals surface area contributed by atoms with Crippen molar-refractivity contribution in [2.45, 2.75) is 166 Å². The summed E-state index contributed by atoms with van der Waals surface area (Å²) in [5.74, 6) is 0. The molecule has 0 aliphatic carbocycles. The van der Waals surface area contributed by atoms with Crippen molar-refractivity contribution in [2.24, 2.45) is 0 Å². The molecule has 12 aromatic rings. The Morgan fingerprint density at radius 2 is 0.476 bits per heavy atom. The lowest BCUT2D eigenvalue weighted by atomic mass is 10.1. The minimum absolute atomic E-state index is 1.08. The lowest BCUT2D eigenvalue weighted by molar-refractivity contribution is 1.22. The molecular weight excluding hydrogens is 1020 g/mol. The maximum absolute atomic E-state index is 4.42. The number of fused-ring (bicyclic) bond motifs is 6. The summed E-state index contributed by atoms with van der Waals surface area (Å²) in [6.45, 7) is 48.8. The van der Waals surface area contributed by atoms with E-state index < -0.39 is 0 Å². The van der Waals surface area contributed by atoms with Gasteiger partial charge in [0.05, 0.1) is 22.1 Å². The first-order chi connectivity index (χ1) is 40.5. The van der Waals surface area contributed by atoms with Crippen molar-refractivity contribution in [3.8, 4) is 0 Å². The molecule has 6 nitrogen and oxygen atoms in total. The van der Waals surface area contributed by atoms with Gasteiger partial charge in [0.1, 0.15) is 0 Å². The third-order valence-electron chi connectivity index (χ3n) is 11.9. The van der Waals surface area contributed by atoms with Crippen molar-refractivity contribution in [3.05, 3.63) is 250 Å². The second-order valence-electron chi connectivity index (χ2n) is 19.1. The molecule has 6 aromatic carbocycles. The highest BCUT2D eigenvalue weighted by Gasteiger charge is 1.99. The van der Waals surface area contributed by atoms with E-state index in [1.807, 2.05) is 141 Å². The summed E-state index contributed by atoms with van der Waals surface area (Å²) >= 11 is 0. The zero-order valence-electron chi connectivity index (χ0n) is 56.0. The number of rotatable bonds is 0. The number of hydrogen-bond acceptors (Lipinski definition) is 6. The Balaban J connectivity index is 0.000000486. The molecule has 0 atom stereocenters. The van der Waals surface area contributed by atoms with Gasteiger partial charge in [0.25, 0.3) is 0 Å². The smallest absolute Gasteiger partial charge is 0.0705 e. The van der Waals surface area contributed by atoms with Crippen LogP contribution in [0.25, 0.3) is 65.2 Å². The highest BCUT2D eigenvalue weighted by atomic mass is 14.7. The van der Waals surface area contributed by atoms with Crippen LogP contribution in [0.4, 0.5) is 0 Å². The van der Waals surface area contributed by atoms with E-state index in [2.05, 4.69) is 238 Å². The lowest BCUT2D eigenvalue weighted by Crippen LogP contribution is -1.82. The van der Waals surface area contributed by atoms with Crippen LogP contribution in [-0.2, 0) is 0 Å². The van der Waals surface area contributed by atoms with Crippen LogP contribution in [0.2, 0.25) is 0 Å². The van der Waals surface area contributed by atoms with E-state index in [1.54, 1.807) is 0 Å². The fraction of sp³-hybridized carbons (Fsp3) is 0.308. The van der Waals surface area contributed by atoms with Crippen LogP contribution in [-0.4, -0.2) is 29.9 Å². The summed E-state index contributed by atoms with van der Waals surface area (Å²) in [6, 6.07) is 52.9. The molecule has 0 radical (unpaired) electrons. The van der Waals surface area contributed by atoms with E-state index >= 15 is 0 Å². The maximum Gasteiger partial charge on any atom is 0.0705 e. The molecule has 6 aromatic heterocycles. The molecule has 12 rings (SSSR count). The summed E-state index contributed by atoms with van der Waals surface area (Å²) in [5.41, 5.74) is 18.9. The quantitative estimate of drug-likeness (QED) is 0.151. The first-order valence-corrected chi connectivity index (χ1v) is 30.5. The lowest BCUT2D eigenvalue weighted by Gasteiger charge is -1.99. The summed E-state index contributed by atoms with van der Waals surface area (Å²) in [7, 11) is 0. The third kappa shape index (κ3) is 25.5. The Kier molecular flexibility index (Phi) is 35.9. The second kappa shape index (κ2) is 40.9. The molecule has 0 aliphatic rings. The van der Waals surface area contributed by atoms with Crippen LogP contribution in [0, 0.1) is 83.1 Å². The molecule has 0 aliphatic heterocycles. The van der Waals surface area contributed by atoms with Crippen LogP contribution >= 0.6 is 0 Å². The van der Waals surface area contributed by atoms with Crippen LogP contribution in [0.5, 0.6) is 0 Å². The number of hydrogen-bond donors (Lipinski definition) is 0. The molecule has 444 valence electrons. The fourth-order valence-corrected chi connectivity index (χ4v) is 8.15. The summed E-state index contributed by atoms with van der Waals surface area (Å²) in [4.78, 5) is 25.9. The van der Waals surface area contributed by atoms with Gasteiger partial charge in [-0.3, -0.25) is 29.9 Å². The Morgan fingerprint density at radius 3 is 0.952 bits per heavy atom. The fourth-order valence-electron chi connectivity index (χ4n) is 8.15. The molecule has 84 heavy (non-hydrogen) atoms. The van der Waals surface area contributed by atoms with Crippen LogP contribution < -0.4 is 0 Å². The molecule has 0 N–H and O–H groups in total. The number of aromatic nitrogens is 6. The van der Waals surface area contributed by atoms with Crippen molar-refractivity contribution in [3.63, 3.8) is 0 Å². The van der Waals surface area contributed by atoms with Gasteiger partial charge in [0, 0.05) is 80.4 Å². The average Bonchev–Trinajstić information content (AvgIpc) is 3.73. The Hall–Kier alpha value is -8.22. The van der Waals surface area contributed by atoms with Gasteiger partial charge in [-0.05, 0) is 201 Å². The average molecular weight is 1120 g/mol. The number of pyridine rings is 6. The molecule has 0 saturated heterocycles. The highest BCUT2D eigenvalue weighted by molar-refractivity contribution is 5.84. The van der Waals surface area contributed by atoms with Crippen LogP contribution in [0.15, 0.2) is 183 Å². The first kappa shape index (κ1) is 73.8. The minimum atomic E-state index is 1.08. The molecule has 0 saturated carbocycles.